The zero-order chi connectivity index (χ0) is 18.0. The summed E-state index contributed by atoms with van der Waals surface area (Å²) in [5.74, 6) is 0.613. The van der Waals surface area contributed by atoms with E-state index >= 15 is 0 Å². The van der Waals surface area contributed by atoms with Crippen LogP contribution in [0.1, 0.15) is 41.4 Å². The highest BCUT2D eigenvalue weighted by Gasteiger charge is 2.23. The van der Waals surface area contributed by atoms with Gasteiger partial charge in [0, 0.05) is 32.2 Å². The van der Waals surface area contributed by atoms with Crippen molar-refractivity contribution in [2.45, 2.75) is 26.3 Å². The van der Waals surface area contributed by atoms with Crippen molar-refractivity contribution in [3.05, 3.63) is 59.0 Å². The van der Waals surface area contributed by atoms with E-state index in [1.165, 1.54) is 4.68 Å². The van der Waals surface area contributed by atoms with Gasteiger partial charge in [-0.2, -0.15) is 5.10 Å². The molecule has 1 amide bonds. The standard InChI is InChI=1S/C17H19ClN6O/c1-11(2)15-14(16(18)23(3)22-15)17(25)21-9-12-4-5-20-13(8-12)24-7-6-19-10-24/h4-8,10-11H,9H2,1-3H3,(H,21,25). The summed E-state index contributed by atoms with van der Waals surface area (Å²) >= 11 is 6.25. The summed E-state index contributed by atoms with van der Waals surface area (Å²) < 4.78 is 3.33. The lowest BCUT2D eigenvalue weighted by Gasteiger charge is -2.09. The number of aromatic nitrogens is 5. The maximum atomic E-state index is 12.6. The number of nitrogens with zero attached hydrogens (tertiary/aromatic N) is 5. The van der Waals surface area contributed by atoms with Crippen molar-refractivity contribution in [1.29, 1.82) is 0 Å². The minimum absolute atomic E-state index is 0.105. The first-order chi connectivity index (χ1) is 12.0. The Kier molecular flexibility index (Phi) is 4.85. The topological polar surface area (TPSA) is 77.6 Å². The normalized spacial score (nSPS) is 11.1. The molecule has 0 bridgehead atoms. The first-order valence-corrected chi connectivity index (χ1v) is 8.29. The highest BCUT2D eigenvalue weighted by Crippen LogP contribution is 2.25. The molecule has 0 aliphatic carbocycles. The van der Waals surface area contributed by atoms with Crippen molar-refractivity contribution in [3.8, 4) is 5.82 Å². The van der Waals surface area contributed by atoms with E-state index in [1.807, 2.05) is 32.2 Å². The van der Waals surface area contributed by atoms with Gasteiger partial charge < -0.3 is 5.32 Å². The second-order valence-corrected chi connectivity index (χ2v) is 6.36. The highest BCUT2D eigenvalue weighted by atomic mass is 35.5. The second kappa shape index (κ2) is 7.06. The third-order valence-corrected chi connectivity index (χ3v) is 4.24. The molecule has 0 atom stereocenters. The fourth-order valence-electron chi connectivity index (χ4n) is 2.51. The molecule has 0 aliphatic heterocycles. The van der Waals surface area contributed by atoms with Crippen LogP contribution < -0.4 is 5.32 Å². The summed E-state index contributed by atoms with van der Waals surface area (Å²) in [5.41, 5.74) is 2.06. The number of imidazole rings is 1. The Balaban J connectivity index is 1.76. The van der Waals surface area contributed by atoms with Crippen molar-refractivity contribution in [1.82, 2.24) is 29.6 Å². The summed E-state index contributed by atoms with van der Waals surface area (Å²) in [6, 6.07) is 3.76. The Bertz CT molecular complexity index is 885. The van der Waals surface area contributed by atoms with Crippen LogP contribution in [0.15, 0.2) is 37.1 Å². The Hall–Kier alpha value is -2.67. The lowest BCUT2D eigenvalue weighted by atomic mass is 10.1. The third kappa shape index (κ3) is 3.56. The van der Waals surface area contributed by atoms with Gasteiger partial charge in [0.25, 0.3) is 5.91 Å². The van der Waals surface area contributed by atoms with Crippen molar-refractivity contribution in [3.63, 3.8) is 0 Å². The molecular weight excluding hydrogens is 340 g/mol. The first-order valence-electron chi connectivity index (χ1n) is 7.91. The van der Waals surface area contributed by atoms with Gasteiger partial charge in [0.15, 0.2) is 0 Å². The molecule has 3 rings (SSSR count). The summed E-state index contributed by atoms with van der Waals surface area (Å²) in [4.78, 5) is 20.9. The molecule has 0 saturated heterocycles. The molecule has 0 fully saturated rings. The van der Waals surface area contributed by atoms with Gasteiger partial charge in [0.2, 0.25) is 0 Å². The second-order valence-electron chi connectivity index (χ2n) is 6.00. The molecule has 0 saturated carbocycles. The maximum Gasteiger partial charge on any atom is 0.256 e. The number of amides is 1. The average Bonchev–Trinajstić information content (AvgIpc) is 3.22. The summed E-state index contributed by atoms with van der Waals surface area (Å²) in [7, 11) is 1.73. The molecule has 0 radical (unpaired) electrons. The number of pyridine rings is 1. The predicted molar refractivity (Wildman–Crippen MR) is 94.8 cm³/mol. The minimum atomic E-state index is -0.234. The van der Waals surface area contributed by atoms with Crippen LogP contribution in [0.2, 0.25) is 5.15 Å². The molecule has 25 heavy (non-hydrogen) atoms. The molecule has 0 unspecified atom stereocenters. The van der Waals surface area contributed by atoms with Gasteiger partial charge in [-0.05, 0) is 23.6 Å². The molecule has 0 aromatic carbocycles. The Morgan fingerprint density at radius 1 is 1.36 bits per heavy atom. The van der Waals surface area contributed by atoms with Gasteiger partial charge in [-0.1, -0.05) is 25.4 Å². The van der Waals surface area contributed by atoms with E-state index in [2.05, 4.69) is 20.4 Å². The molecule has 7 nitrogen and oxygen atoms in total. The number of hydrogen-bond acceptors (Lipinski definition) is 4. The van der Waals surface area contributed by atoms with E-state index in [0.29, 0.717) is 23.0 Å². The maximum absolute atomic E-state index is 12.6. The van der Waals surface area contributed by atoms with Crippen LogP contribution in [0.25, 0.3) is 5.82 Å². The predicted octanol–water partition coefficient (Wildman–Crippen LogP) is 2.71. The molecule has 0 spiro atoms. The van der Waals surface area contributed by atoms with E-state index < -0.39 is 0 Å². The molecule has 3 heterocycles. The lowest BCUT2D eigenvalue weighted by Crippen LogP contribution is -2.24. The van der Waals surface area contributed by atoms with E-state index in [1.54, 1.807) is 30.3 Å². The number of carbonyl (C=O) groups excluding carboxylic acids is 1. The van der Waals surface area contributed by atoms with E-state index in [0.717, 1.165) is 11.4 Å². The van der Waals surface area contributed by atoms with Gasteiger partial charge >= 0.3 is 0 Å². The minimum Gasteiger partial charge on any atom is -0.348 e. The quantitative estimate of drug-likeness (QED) is 0.760. The Morgan fingerprint density at radius 3 is 2.84 bits per heavy atom. The zero-order valence-electron chi connectivity index (χ0n) is 14.3. The van der Waals surface area contributed by atoms with Crippen LogP contribution in [0.3, 0.4) is 0 Å². The van der Waals surface area contributed by atoms with Crippen molar-refractivity contribution in [2.24, 2.45) is 7.05 Å². The van der Waals surface area contributed by atoms with Crippen LogP contribution in [-0.4, -0.2) is 30.2 Å². The highest BCUT2D eigenvalue weighted by molar-refractivity contribution is 6.33. The summed E-state index contributed by atoms with van der Waals surface area (Å²) in [6.07, 6.45) is 6.88. The van der Waals surface area contributed by atoms with Gasteiger partial charge in [0.1, 0.15) is 17.3 Å². The Morgan fingerprint density at radius 2 is 2.16 bits per heavy atom. The van der Waals surface area contributed by atoms with E-state index in [9.17, 15) is 4.79 Å². The molecular formula is C17H19ClN6O. The smallest absolute Gasteiger partial charge is 0.256 e. The number of rotatable bonds is 5. The van der Waals surface area contributed by atoms with Crippen molar-refractivity contribution >= 4 is 17.5 Å². The molecule has 8 heteroatoms. The van der Waals surface area contributed by atoms with Crippen LogP contribution in [0.5, 0.6) is 0 Å². The first kappa shape index (κ1) is 17.2. The van der Waals surface area contributed by atoms with Gasteiger partial charge in [0.05, 0.1) is 11.3 Å². The number of aryl methyl sites for hydroxylation is 1. The van der Waals surface area contributed by atoms with Crippen LogP contribution >= 0.6 is 11.6 Å². The monoisotopic (exact) mass is 358 g/mol. The largest absolute Gasteiger partial charge is 0.348 e. The molecule has 0 aliphatic rings. The lowest BCUT2D eigenvalue weighted by molar-refractivity contribution is 0.0949. The average molecular weight is 359 g/mol. The van der Waals surface area contributed by atoms with Gasteiger partial charge in [-0.3, -0.25) is 14.0 Å². The van der Waals surface area contributed by atoms with Crippen LogP contribution in [0, 0.1) is 0 Å². The number of nitrogens with one attached hydrogen (secondary N) is 1. The molecule has 3 aromatic heterocycles. The van der Waals surface area contributed by atoms with Gasteiger partial charge in [-0.15, -0.1) is 0 Å². The summed E-state index contributed by atoms with van der Waals surface area (Å²) in [6.45, 7) is 4.33. The molecule has 1 N–H and O–H groups in total. The SMILES string of the molecule is CC(C)c1nn(C)c(Cl)c1C(=O)NCc1ccnc(-n2ccnc2)c1. The zero-order valence-corrected chi connectivity index (χ0v) is 15.0. The van der Waals surface area contributed by atoms with Crippen molar-refractivity contribution in [2.75, 3.05) is 0 Å². The van der Waals surface area contributed by atoms with E-state index in [4.69, 9.17) is 11.6 Å². The Labute approximate surface area is 150 Å². The molecule has 130 valence electrons. The van der Waals surface area contributed by atoms with Crippen LogP contribution in [-0.2, 0) is 13.6 Å². The fraction of sp³-hybridized carbons (Fsp3) is 0.294. The number of carbonyl (C=O) groups is 1. The van der Waals surface area contributed by atoms with Crippen LogP contribution in [0.4, 0.5) is 0 Å². The fourth-order valence-corrected chi connectivity index (χ4v) is 2.73. The number of hydrogen-bond donors (Lipinski definition) is 1. The summed E-state index contributed by atoms with van der Waals surface area (Å²) in [5, 5.41) is 7.59. The van der Waals surface area contributed by atoms with Crippen molar-refractivity contribution < 1.29 is 4.79 Å². The van der Waals surface area contributed by atoms with Gasteiger partial charge in [-0.25, -0.2) is 9.97 Å². The van der Waals surface area contributed by atoms with E-state index in [-0.39, 0.29) is 11.8 Å². The third-order valence-electron chi connectivity index (χ3n) is 3.81. The molecule has 3 aromatic rings. The number of halogens is 1.